The van der Waals surface area contributed by atoms with Crippen LogP contribution in [-0.4, -0.2) is 57.8 Å². The second kappa shape index (κ2) is 7.44. The molecule has 0 aromatic carbocycles. The molecule has 2 amide bonds. The molecule has 0 aliphatic carbocycles. The Bertz CT molecular complexity index is 773. The first-order valence-electron chi connectivity index (χ1n) is 9.87. The van der Waals surface area contributed by atoms with Crippen molar-refractivity contribution in [2.45, 2.75) is 65.3 Å². The van der Waals surface area contributed by atoms with Gasteiger partial charge in [0.05, 0.1) is 5.41 Å². The first-order valence-corrected chi connectivity index (χ1v) is 9.87. The number of aromatic amines is 1. The van der Waals surface area contributed by atoms with Crippen molar-refractivity contribution in [3.05, 3.63) is 27.4 Å². The molecule has 2 saturated heterocycles. The van der Waals surface area contributed by atoms with Crippen LogP contribution in [-0.2, 0) is 16.0 Å². The van der Waals surface area contributed by atoms with Gasteiger partial charge in [0.2, 0.25) is 11.8 Å². The Hall–Kier alpha value is -2.18. The van der Waals surface area contributed by atoms with Gasteiger partial charge in [0.25, 0.3) is 0 Å². The molecule has 1 aromatic rings. The average molecular weight is 374 g/mol. The van der Waals surface area contributed by atoms with Gasteiger partial charge in [-0.3, -0.25) is 9.59 Å². The molecule has 2 atom stereocenters. The van der Waals surface area contributed by atoms with Crippen LogP contribution < -0.4 is 5.69 Å². The predicted molar refractivity (Wildman–Crippen MR) is 102 cm³/mol. The van der Waals surface area contributed by atoms with Crippen molar-refractivity contribution in [3.8, 4) is 0 Å². The van der Waals surface area contributed by atoms with Crippen LogP contribution >= 0.6 is 0 Å². The summed E-state index contributed by atoms with van der Waals surface area (Å²) in [5.41, 5.74) is 1.60. The molecule has 2 fully saturated rings. The van der Waals surface area contributed by atoms with Gasteiger partial charge in [-0.15, -0.1) is 0 Å². The lowest BCUT2D eigenvalue weighted by Crippen LogP contribution is -2.61. The zero-order chi connectivity index (χ0) is 19.8. The summed E-state index contributed by atoms with van der Waals surface area (Å²) in [7, 11) is 1.87. The van der Waals surface area contributed by atoms with Gasteiger partial charge in [-0.2, -0.15) is 4.98 Å². The van der Waals surface area contributed by atoms with Crippen LogP contribution in [0.1, 0.15) is 56.0 Å². The van der Waals surface area contributed by atoms with E-state index in [9.17, 15) is 14.4 Å². The first-order chi connectivity index (χ1) is 12.8. The minimum absolute atomic E-state index is 0.0765. The van der Waals surface area contributed by atoms with Crippen molar-refractivity contribution in [2.24, 2.45) is 5.41 Å². The number of piperidine rings is 2. The van der Waals surface area contributed by atoms with E-state index in [0.717, 1.165) is 43.5 Å². The van der Waals surface area contributed by atoms with E-state index in [-0.39, 0.29) is 23.5 Å². The van der Waals surface area contributed by atoms with E-state index < -0.39 is 5.41 Å². The second-order valence-electron chi connectivity index (χ2n) is 8.08. The molecule has 1 aromatic heterocycles. The molecule has 7 nitrogen and oxygen atoms in total. The number of amides is 2. The van der Waals surface area contributed by atoms with E-state index in [0.29, 0.717) is 25.1 Å². The molecule has 7 heteroatoms. The van der Waals surface area contributed by atoms with Crippen LogP contribution in [0.5, 0.6) is 0 Å². The topological polar surface area (TPSA) is 86.4 Å². The molecule has 2 aliphatic heterocycles. The van der Waals surface area contributed by atoms with Crippen LogP contribution in [0.2, 0.25) is 0 Å². The van der Waals surface area contributed by atoms with Crippen molar-refractivity contribution in [1.82, 2.24) is 19.8 Å². The number of rotatable bonds is 3. The number of nitrogens with zero attached hydrogens (tertiary/aromatic N) is 3. The summed E-state index contributed by atoms with van der Waals surface area (Å²) in [4.78, 5) is 47.7. The lowest BCUT2D eigenvalue weighted by Gasteiger charge is -2.51. The van der Waals surface area contributed by atoms with Gasteiger partial charge in [0.1, 0.15) is 0 Å². The molecular formula is C20H30N4O3. The third kappa shape index (κ3) is 3.51. The van der Waals surface area contributed by atoms with Crippen LogP contribution in [0.4, 0.5) is 0 Å². The number of likely N-dealkylation sites (tertiary alicyclic amines) is 2. The minimum Gasteiger partial charge on any atom is -0.345 e. The number of hydrogen-bond acceptors (Lipinski definition) is 4. The normalized spacial score (nSPS) is 25.9. The van der Waals surface area contributed by atoms with Gasteiger partial charge in [-0.05, 0) is 58.4 Å². The van der Waals surface area contributed by atoms with Crippen LogP contribution in [0, 0.1) is 19.3 Å². The van der Waals surface area contributed by atoms with Crippen molar-refractivity contribution >= 4 is 11.8 Å². The molecule has 1 spiro atoms. The molecular weight excluding hydrogens is 344 g/mol. The van der Waals surface area contributed by atoms with E-state index in [1.807, 2.05) is 30.7 Å². The van der Waals surface area contributed by atoms with Gasteiger partial charge in [-0.1, -0.05) is 0 Å². The Balaban J connectivity index is 1.73. The monoisotopic (exact) mass is 374 g/mol. The smallest absolute Gasteiger partial charge is 0.345 e. The lowest BCUT2D eigenvalue weighted by atomic mass is 9.68. The molecule has 1 N–H and O–H groups in total. The molecule has 0 radical (unpaired) electrons. The van der Waals surface area contributed by atoms with E-state index in [2.05, 4.69) is 9.97 Å². The van der Waals surface area contributed by atoms with Gasteiger partial charge in [0.15, 0.2) is 0 Å². The highest BCUT2D eigenvalue weighted by Crippen LogP contribution is 2.43. The molecule has 3 heterocycles. The second-order valence-corrected chi connectivity index (χ2v) is 8.08. The van der Waals surface area contributed by atoms with Crippen LogP contribution in [0.3, 0.4) is 0 Å². The Morgan fingerprint density at radius 3 is 2.56 bits per heavy atom. The fraction of sp³-hybridized carbons (Fsp3) is 0.700. The first kappa shape index (κ1) is 19.6. The predicted octanol–water partition coefficient (Wildman–Crippen LogP) is 1.57. The third-order valence-electron chi connectivity index (χ3n) is 6.54. The van der Waals surface area contributed by atoms with Gasteiger partial charge >= 0.3 is 5.69 Å². The van der Waals surface area contributed by atoms with Gasteiger partial charge in [-0.25, -0.2) is 4.79 Å². The summed E-state index contributed by atoms with van der Waals surface area (Å²) in [6, 6.07) is -0.0788. The van der Waals surface area contributed by atoms with Crippen LogP contribution in [0.25, 0.3) is 0 Å². The molecule has 0 saturated carbocycles. The highest BCUT2D eigenvalue weighted by atomic mass is 16.2. The van der Waals surface area contributed by atoms with Crippen molar-refractivity contribution in [2.75, 3.05) is 20.1 Å². The summed E-state index contributed by atoms with van der Waals surface area (Å²) in [6.07, 6.45) is 4.50. The maximum absolute atomic E-state index is 13.0. The largest absolute Gasteiger partial charge is 0.345 e. The van der Waals surface area contributed by atoms with E-state index in [4.69, 9.17) is 0 Å². The number of aromatic nitrogens is 2. The molecule has 148 valence electrons. The zero-order valence-electron chi connectivity index (χ0n) is 16.8. The molecule has 2 aliphatic rings. The summed E-state index contributed by atoms with van der Waals surface area (Å²) >= 11 is 0. The van der Waals surface area contributed by atoms with Crippen molar-refractivity contribution in [3.63, 3.8) is 0 Å². The molecule has 27 heavy (non-hydrogen) atoms. The quantitative estimate of drug-likeness (QED) is 0.870. The highest BCUT2D eigenvalue weighted by Gasteiger charge is 2.51. The minimum atomic E-state index is -0.424. The summed E-state index contributed by atoms with van der Waals surface area (Å²) < 4.78 is 0. The highest BCUT2D eigenvalue weighted by molar-refractivity contribution is 5.86. The van der Waals surface area contributed by atoms with Crippen molar-refractivity contribution < 1.29 is 9.59 Å². The fourth-order valence-electron chi connectivity index (χ4n) is 4.95. The lowest BCUT2D eigenvalue weighted by molar-refractivity contribution is -0.158. The maximum Gasteiger partial charge on any atom is 0.345 e. The average Bonchev–Trinajstić information content (AvgIpc) is 2.60. The molecule has 3 rings (SSSR count). The Kier molecular flexibility index (Phi) is 5.40. The number of carbonyl (C=O) groups is 2. The van der Waals surface area contributed by atoms with Crippen molar-refractivity contribution in [1.29, 1.82) is 0 Å². The zero-order valence-corrected chi connectivity index (χ0v) is 16.8. The molecule has 0 unspecified atom stereocenters. The van der Waals surface area contributed by atoms with E-state index in [1.165, 1.54) is 0 Å². The van der Waals surface area contributed by atoms with Gasteiger partial charge < -0.3 is 14.8 Å². The maximum atomic E-state index is 13.0. The Labute approximate surface area is 160 Å². The fourth-order valence-corrected chi connectivity index (χ4v) is 4.95. The number of carbonyl (C=O) groups excluding carboxylic acids is 2. The summed E-state index contributed by atoms with van der Waals surface area (Å²) in [5, 5.41) is 0. The summed E-state index contributed by atoms with van der Waals surface area (Å²) in [6.45, 7) is 7.19. The number of H-pyrrole nitrogens is 1. The van der Waals surface area contributed by atoms with E-state index in [1.54, 1.807) is 6.92 Å². The summed E-state index contributed by atoms with van der Waals surface area (Å²) in [5.74, 6) is 0.267. The standard InChI is InChI=1S/C20H30N4O3/c1-13-16(14(2)22-19(27)21-13)7-8-17(25)24-12-6-10-20(15(24)3)9-5-11-23(4)18(20)26/h15H,5-12H2,1-4H3,(H,21,22,27)/t15-,20-/m0/s1. The number of nitrogens with one attached hydrogen (secondary N) is 1. The van der Waals surface area contributed by atoms with E-state index >= 15 is 0 Å². The third-order valence-corrected chi connectivity index (χ3v) is 6.54. The SMILES string of the molecule is Cc1nc(=O)[nH]c(C)c1CCC(=O)N1CCC[C@@]2(CCCN(C)C2=O)[C@@H]1C. The Morgan fingerprint density at radius 2 is 1.89 bits per heavy atom. The molecule has 0 bridgehead atoms. The number of hydrogen-bond donors (Lipinski definition) is 1. The van der Waals surface area contributed by atoms with Crippen LogP contribution in [0.15, 0.2) is 4.79 Å². The Morgan fingerprint density at radius 1 is 1.22 bits per heavy atom. The van der Waals surface area contributed by atoms with Gasteiger partial charge in [0, 0.05) is 44.0 Å². The number of aryl methyl sites for hydroxylation is 2.